The van der Waals surface area contributed by atoms with Crippen LogP contribution in [0.4, 0.5) is 0 Å². The number of aromatic hydroxyl groups is 1. The minimum Gasteiger partial charge on any atom is -0.508 e. The summed E-state index contributed by atoms with van der Waals surface area (Å²) in [5, 5.41) is 9.43. The molecular formula is C16H15NO2. The Balaban J connectivity index is 1.71. The highest BCUT2D eigenvalue weighted by Gasteiger charge is 2.24. The number of nitrogens with zero attached hydrogens (tertiary/aromatic N) is 1. The first-order chi connectivity index (χ1) is 9.29. The number of hydrogen-bond acceptors (Lipinski definition) is 3. The van der Waals surface area contributed by atoms with Crippen LogP contribution in [0.5, 0.6) is 5.75 Å². The molecule has 0 amide bonds. The van der Waals surface area contributed by atoms with Crippen molar-refractivity contribution in [3.8, 4) is 5.75 Å². The summed E-state index contributed by atoms with van der Waals surface area (Å²) in [4.78, 5) is 4.41. The Hall–Kier alpha value is -2.03. The Morgan fingerprint density at radius 3 is 2.74 bits per heavy atom. The summed E-state index contributed by atoms with van der Waals surface area (Å²) in [6.45, 7) is 0. The second kappa shape index (κ2) is 3.98. The van der Waals surface area contributed by atoms with E-state index in [0.717, 1.165) is 12.0 Å². The average Bonchev–Trinajstić information content (AvgIpc) is 2.71. The number of phenols is 1. The first-order valence-corrected chi connectivity index (χ1v) is 6.81. The van der Waals surface area contributed by atoms with Gasteiger partial charge in [-0.3, -0.25) is 0 Å². The Bertz CT molecular complexity index is 715. The molecule has 1 heterocycles. The third-order valence-corrected chi connectivity index (χ3v) is 4.10. The van der Waals surface area contributed by atoms with E-state index in [4.69, 9.17) is 4.42 Å². The zero-order valence-electron chi connectivity index (χ0n) is 10.6. The highest BCUT2D eigenvalue weighted by Crippen LogP contribution is 2.43. The van der Waals surface area contributed by atoms with Gasteiger partial charge < -0.3 is 9.52 Å². The van der Waals surface area contributed by atoms with Gasteiger partial charge in [0.2, 0.25) is 5.89 Å². The van der Waals surface area contributed by atoms with Crippen molar-refractivity contribution in [3.63, 3.8) is 0 Å². The maximum atomic E-state index is 9.43. The molecule has 0 spiro atoms. The molecule has 0 unspecified atom stereocenters. The van der Waals surface area contributed by atoms with E-state index in [-0.39, 0.29) is 5.75 Å². The van der Waals surface area contributed by atoms with Gasteiger partial charge in [0.25, 0.3) is 0 Å². The van der Waals surface area contributed by atoms with E-state index in [1.54, 1.807) is 23.8 Å². The van der Waals surface area contributed by atoms with Gasteiger partial charge in [-0.05, 0) is 55.4 Å². The fourth-order valence-electron chi connectivity index (χ4n) is 2.76. The number of aromatic nitrogens is 1. The maximum absolute atomic E-state index is 9.43. The lowest BCUT2D eigenvalue weighted by Gasteiger charge is -2.30. The van der Waals surface area contributed by atoms with E-state index >= 15 is 0 Å². The van der Waals surface area contributed by atoms with Gasteiger partial charge in [0, 0.05) is 12.1 Å². The summed E-state index contributed by atoms with van der Waals surface area (Å²) in [6, 6.07) is 5.01. The molecule has 2 saturated carbocycles. The maximum Gasteiger partial charge on any atom is 0.220 e. The molecule has 0 aliphatic heterocycles. The number of allylic oxidation sites excluding steroid dienone is 3. The summed E-state index contributed by atoms with van der Waals surface area (Å²) in [7, 11) is 0. The first kappa shape index (κ1) is 10.9. The summed E-state index contributed by atoms with van der Waals surface area (Å²) in [6.07, 6.45) is 8.28. The summed E-state index contributed by atoms with van der Waals surface area (Å²) >= 11 is 0. The van der Waals surface area contributed by atoms with Gasteiger partial charge in [-0.2, -0.15) is 0 Å². The van der Waals surface area contributed by atoms with Crippen molar-refractivity contribution in [3.05, 3.63) is 40.8 Å². The third-order valence-electron chi connectivity index (χ3n) is 4.10. The smallest absolute Gasteiger partial charge is 0.220 e. The van der Waals surface area contributed by atoms with Gasteiger partial charge in [-0.15, -0.1) is 0 Å². The van der Waals surface area contributed by atoms with Crippen LogP contribution in [0.1, 0.15) is 38.0 Å². The Morgan fingerprint density at radius 1 is 1.16 bits per heavy atom. The molecule has 19 heavy (non-hydrogen) atoms. The van der Waals surface area contributed by atoms with Crippen LogP contribution in [-0.2, 0) is 0 Å². The molecule has 96 valence electrons. The molecule has 2 aliphatic rings. The van der Waals surface area contributed by atoms with Gasteiger partial charge in [0.05, 0.1) is 0 Å². The Labute approximate surface area is 111 Å². The topological polar surface area (TPSA) is 46.3 Å². The van der Waals surface area contributed by atoms with E-state index in [1.165, 1.54) is 36.8 Å². The van der Waals surface area contributed by atoms with Crippen LogP contribution in [-0.4, -0.2) is 10.1 Å². The number of phenolic OH excluding ortho intramolecular Hbond substituents is 1. The zero-order chi connectivity index (χ0) is 12.8. The molecule has 2 aliphatic carbocycles. The molecule has 3 heteroatoms. The summed E-state index contributed by atoms with van der Waals surface area (Å²) in [5.74, 6) is 0.869. The van der Waals surface area contributed by atoms with Gasteiger partial charge in [-0.1, -0.05) is 5.57 Å². The van der Waals surface area contributed by atoms with E-state index in [9.17, 15) is 5.11 Å². The quantitative estimate of drug-likeness (QED) is 0.828. The molecule has 1 aromatic carbocycles. The van der Waals surface area contributed by atoms with Crippen LogP contribution in [0.15, 0.2) is 39.3 Å². The molecule has 1 aromatic heterocycles. The van der Waals surface area contributed by atoms with Crippen LogP contribution in [0, 0.1) is 0 Å². The van der Waals surface area contributed by atoms with Crippen LogP contribution in [0.2, 0.25) is 0 Å². The van der Waals surface area contributed by atoms with Crippen molar-refractivity contribution >= 4 is 17.2 Å². The fraction of sp³-hybridized carbons (Fsp3) is 0.312. The first-order valence-electron chi connectivity index (χ1n) is 6.81. The van der Waals surface area contributed by atoms with E-state index in [0.29, 0.717) is 11.4 Å². The average molecular weight is 253 g/mol. The number of fused-ring (bicyclic) bond motifs is 1. The molecule has 1 N–H and O–H groups in total. The van der Waals surface area contributed by atoms with Crippen LogP contribution in [0.3, 0.4) is 0 Å². The predicted molar refractivity (Wildman–Crippen MR) is 73.8 cm³/mol. The molecule has 0 radical (unpaired) electrons. The van der Waals surface area contributed by atoms with Crippen molar-refractivity contribution in [1.82, 2.24) is 4.98 Å². The largest absolute Gasteiger partial charge is 0.508 e. The molecule has 0 bridgehead atoms. The molecule has 0 atom stereocenters. The number of benzene rings is 1. The van der Waals surface area contributed by atoms with Crippen LogP contribution >= 0.6 is 0 Å². The molecule has 4 rings (SSSR count). The fourth-order valence-corrected chi connectivity index (χ4v) is 2.76. The van der Waals surface area contributed by atoms with Gasteiger partial charge in [0.15, 0.2) is 5.58 Å². The predicted octanol–water partition coefficient (Wildman–Crippen LogP) is 4.19. The van der Waals surface area contributed by atoms with Crippen molar-refractivity contribution in [2.75, 3.05) is 0 Å². The number of oxazole rings is 1. The van der Waals surface area contributed by atoms with Crippen molar-refractivity contribution < 1.29 is 9.52 Å². The van der Waals surface area contributed by atoms with Crippen LogP contribution in [0.25, 0.3) is 17.2 Å². The SMILES string of the molecule is Oc1ccc2oc(/C=C3\CCC3=C3CCC3)nc2c1. The third kappa shape index (κ3) is 1.77. The Kier molecular flexibility index (Phi) is 2.28. The van der Waals surface area contributed by atoms with Gasteiger partial charge in [0.1, 0.15) is 11.3 Å². The second-order valence-corrected chi connectivity index (χ2v) is 5.31. The molecule has 3 nitrogen and oxygen atoms in total. The van der Waals surface area contributed by atoms with E-state index in [2.05, 4.69) is 11.1 Å². The normalized spacial score (nSPS) is 20.7. The van der Waals surface area contributed by atoms with E-state index < -0.39 is 0 Å². The lowest BCUT2D eigenvalue weighted by molar-refractivity contribution is 0.476. The van der Waals surface area contributed by atoms with E-state index in [1.807, 2.05) is 0 Å². The van der Waals surface area contributed by atoms with Crippen molar-refractivity contribution in [2.24, 2.45) is 0 Å². The number of rotatable bonds is 1. The highest BCUT2D eigenvalue weighted by atomic mass is 16.3. The Morgan fingerprint density at radius 2 is 2.05 bits per heavy atom. The summed E-state index contributed by atoms with van der Waals surface area (Å²) < 4.78 is 5.69. The van der Waals surface area contributed by atoms with Crippen molar-refractivity contribution in [1.29, 1.82) is 0 Å². The number of hydrogen-bond donors (Lipinski definition) is 1. The monoisotopic (exact) mass is 253 g/mol. The standard InChI is InChI=1S/C16H15NO2/c18-12-5-7-15-14(9-12)17-16(19-15)8-11-4-6-13(11)10-2-1-3-10/h5,7-9,18H,1-4,6H2/b11-8+. The zero-order valence-corrected chi connectivity index (χ0v) is 10.6. The molecule has 0 saturated heterocycles. The van der Waals surface area contributed by atoms with Crippen LogP contribution < -0.4 is 0 Å². The molecular weight excluding hydrogens is 238 g/mol. The van der Waals surface area contributed by atoms with Gasteiger partial charge >= 0.3 is 0 Å². The minimum atomic E-state index is 0.223. The summed E-state index contributed by atoms with van der Waals surface area (Å²) in [5.41, 5.74) is 5.99. The molecule has 2 aromatic rings. The van der Waals surface area contributed by atoms with Crippen molar-refractivity contribution in [2.45, 2.75) is 32.1 Å². The van der Waals surface area contributed by atoms with Gasteiger partial charge in [-0.25, -0.2) is 4.98 Å². The minimum absolute atomic E-state index is 0.223. The molecule has 2 fully saturated rings. The second-order valence-electron chi connectivity index (χ2n) is 5.31. The lowest BCUT2D eigenvalue weighted by Crippen LogP contribution is -2.11. The lowest BCUT2D eigenvalue weighted by atomic mass is 9.75. The highest BCUT2D eigenvalue weighted by molar-refractivity contribution is 5.76.